The fourth-order valence-corrected chi connectivity index (χ4v) is 5.11. The molecule has 1 aliphatic carbocycles. The fourth-order valence-electron chi connectivity index (χ4n) is 3.84. The number of halogens is 3. The van der Waals surface area contributed by atoms with Crippen molar-refractivity contribution >= 4 is 17.9 Å². The third-order valence-corrected chi connectivity index (χ3v) is 6.96. The van der Waals surface area contributed by atoms with Crippen molar-refractivity contribution in [3.8, 4) is 23.3 Å². The zero-order valence-electron chi connectivity index (χ0n) is 20.6. The van der Waals surface area contributed by atoms with Gasteiger partial charge in [0.25, 0.3) is 0 Å². The van der Waals surface area contributed by atoms with E-state index in [1.54, 1.807) is 41.6 Å². The predicted octanol–water partition coefficient (Wildman–Crippen LogP) is 5.22. The lowest BCUT2D eigenvalue weighted by molar-refractivity contribution is -0.123. The molecule has 12 heteroatoms. The normalized spacial score (nSPS) is 13.6. The van der Waals surface area contributed by atoms with Crippen LogP contribution in [0.3, 0.4) is 0 Å². The van der Waals surface area contributed by atoms with Gasteiger partial charge in [0.05, 0.1) is 11.9 Å². The molecule has 0 radical (unpaired) electrons. The SMILES string of the molecule is Cc1cc(OCc2nnc(SC3CCCC3)n2-c2cccnc2)ccc1C#CCOC(=O)NCC(F)(F)F. The van der Waals surface area contributed by atoms with Crippen molar-refractivity contribution in [1.29, 1.82) is 0 Å². The first kappa shape index (κ1) is 27.3. The molecular weight excluding hydrogens is 519 g/mol. The maximum Gasteiger partial charge on any atom is 0.408 e. The summed E-state index contributed by atoms with van der Waals surface area (Å²) < 4.78 is 48.9. The summed E-state index contributed by atoms with van der Waals surface area (Å²) in [5.41, 5.74) is 2.36. The standard InChI is InChI=1S/C26H26F3N5O3S/c1-18-14-21(11-10-19(18)6-5-13-36-25(35)31-17-26(27,28)29)37-16-23-32-33-24(38-22-8-2-3-9-22)34(23)20-7-4-12-30-15-20/h4,7,10-12,14-15,22H,2-3,8-9,13,16-17H2,1H3,(H,31,35). The summed E-state index contributed by atoms with van der Waals surface area (Å²) in [6, 6.07) is 9.16. The zero-order chi connectivity index (χ0) is 27.0. The number of aryl methyl sites for hydroxylation is 1. The van der Waals surface area contributed by atoms with Crippen LogP contribution in [0.5, 0.6) is 5.75 Å². The molecule has 0 unspecified atom stereocenters. The average Bonchev–Trinajstić information content (AvgIpc) is 3.55. The predicted molar refractivity (Wildman–Crippen MR) is 135 cm³/mol. The average molecular weight is 546 g/mol. The van der Waals surface area contributed by atoms with Gasteiger partial charge < -0.3 is 14.8 Å². The molecule has 8 nitrogen and oxygen atoms in total. The van der Waals surface area contributed by atoms with Crippen molar-refractivity contribution in [2.75, 3.05) is 13.2 Å². The second kappa shape index (κ2) is 12.7. The quantitative estimate of drug-likeness (QED) is 0.388. The number of ether oxygens (including phenoxy) is 2. The Hall–Kier alpha value is -3.72. The highest BCUT2D eigenvalue weighted by molar-refractivity contribution is 7.99. The van der Waals surface area contributed by atoms with Crippen LogP contribution in [-0.4, -0.2) is 50.4 Å². The molecule has 0 aliphatic heterocycles. The number of pyridine rings is 1. The van der Waals surface area contributed by atoms with Crippen LogP contribution in [0, 0.1) is 18.8 Å². The summed E-state index contributed by atoms with van der Waals surface area (Å²) in [6.45, 7) is 0.242. The van der Waals surface area contributed by atoms with E-state index < -0.39 is 18.8 Å². The molecule has 1 amide bonds. The van der Waals surface area contributed by atoms with Crippen LogP contribution in [0.4, 0.5) is 18.0 Å². The van der Waals surface area contributed by atoms with E-state index in [1.165, 1.54) is 25.7 Å². The maximum atomic E-state index is 12.1. The molecule has 200 valence electrons. The van der Waals surface area contributed by atoms with Crippen LogP contribution < -0.4 is 10.1 Å². The Labute approximate surface area is 222 Å². The monoisotopic (exact) mass is 545 g/mol. The Balaban J connectivity index is 1.37. The highest BCUT2D eigenvalue weighted by atomic mass is 32.2. The smallest absolute Gasteiger partial charge is 0.408 e. The minimum atomic E-state index is -4.50. The van der Waals surface area contributed by atoms with Gasteiger partial charge in [0.15, 0.2) is 17.6 Å². The van der Waals surface area contributed by atoms with Crippen LogP contribution in [0.1, 0.15) is 42.6 Å². The van der Waals surface area contributed by atoms with Gasteiger partial charge >= 0.3 is 12.3 Å². The van der Waals surface area contributed by atoms with Crippen molar-refractivity contribution in [3.63, 3.8) is 0 Å². The van der Waals surface area contributed by atoms with Gasteiger partial charge in [-0.3, -0.25) is 9.55 Å². The third-order valence-electron chi connectivity index (χ3n) is 5.68. The largest absolute Gasteiger partial charge is 0.486 e. The van der Waals surface area contributed by atoms with Gasteiger partial charge in [-0.25, -0.2) is 4.79 Å². The molecule has 1 aliphatic rings. The lowest BCUT2D eigenvalue weighted by atomic mass is 10.1. The van der Waals surface area contributed by atoms with E-state index in [9.17, 15) is 18.0 Å². The number of carbonyl (C=O) groups excluding carboxylic acids is 1. The molecule has 38 heavy (non-hydrogen) atoms. The number of nitrogens with one attached hydrogen (secondary N) is 1. The molecule has 1 N–H and O–H groups in total. The van der Waals surface area contributed by atoms with Crippen LogP contribution in [-0.2, 0) is 11.3 Å². The maximum absolute atomic E-state index is 12.1. The number of thioether (sulfide) groups is 1. The summed E-state index contributed by atoms with van der Waals surface area (Å²) >= 11 is 1.74. The number of benzene rings is 1. The van der Waals surface area contributed by atoms with Gasteiger partial charge in [-0.2, -0.15) is 13.2 Å². The van der Waals surface area contributed by atoms with Crippen LogP contribution >= 0.6 is 11.8 Å². The van der Waals surface area contributed by atoms with Crippen molar-refractivity contribution in [2.24, 2.45) is 0 Å². The molecular formula is C26H26F3N5O3S. The highest BCUT2D eigenvalue weighted by Gasteiger charge is 2.28. The lowest BCUT2D eigenvalue weighted by Gasteiger charge is -2.13. The lowest BCUT2D eigenvalue weighted by Crippen LogP contribution is -2.34. The van der Waals surface area contributed by atoms with Gasteiger partial charge in [-0.1, -0.05) is 36.4 Å². The zero-order valence-corrected chi connectivity index (χ0v) is 21.4. The van der Waals surface area contributed by atoms with Gasteiger partial charge in [0.2, 0.25) is 0 Å². The van der Waals surface area contributed by atoms with Gasteiger partial charge in [0.1, 0.15) is 18.9 Å². The Bertz CT molecular complexity index is 1300. The first-order valence-corrected chi connectivity index (χ1v) is 12.9. The Morgan fingerprint density at radius 3 is 2.76 bits per heavy atom. The van der Waals surface area contributed by atoms with E-state index in [2.05, 4.69) is 31.8 Å². The first-order chi connectivity index (χ1) is 18.3. The van der Waals surface area contributed by atoms with Crippen molar-refractivity contribution in [3.05, 3.63) is 59.7 Å². The molecule has 0 saturated heterocycles. The van der Waals surface area contributed by atoms with Crippen LogP contribution in [0.2, 0.25) is 0 Å². The highest BCUT2D eigenvalue weighted by Crippen LogP contribution is 2.35. The molecule has 3 aromatic rings. The molecule has 1 aromatic carbocycles. The Kier molecular flexibility index (Phi) is 9.12. The second-order valence-corrected chi connectivity index (χ2v) is 9.85. The number of amides is 1. The number of alkyl carbamates (subject to hydrolysis) is 1. The Morgan fingerprint density at radius 2 is 2.05 bits per heavy atom. The first-order valence-electron chi connectivity index (χ1n) is 12.0. The number of hydrogen-bond acceptors (Lipinski definition) is 7. The van der Waals surface area contributed by atoms with Gasteiger partial charge in [0, 0.05) is 17.0 Å². The number of rotatable bonds is 8. The summed E-state index contributed by atoms with van der Waals surface area (Å²) in [7, 11) is 0. The molecule has 2 heterocycles. The minimum Gasteiger partial charge on any atom is -0.486 e. The molecule has 0 spiro atoms. The van der Waals surface area contributed by atoms with Crippen molar-refractivity contribution < 1.29 is 27.4 Å². The molecule has 0 atom stereocenters. The summed E-state index contributed by atoms with van der Waals surface area (Å²) in [4.78, 5) is 15.5. The number of carbonyl (C=O) groups is 1. The van der Waals surface area contributed by atoms with E-state index in [1.807, 2.05) is 29.7 Å². The molecule has 2 aromatic heterocycles. The topological polar surface area (TPSA) is 91.2 Å². The van der Waals surface area contributed by atoms with E-state index >= 15 is 0 Å². The van der Waals surface area contributed by atoms with Crippen molar-refractivity contribution in [2.45, 2.75) is 55.8 Å². The fraction of sp³-hybridized carbons (Fsp3) is 0.385. The number of nitrogens with zero attached hydrogens (tertiary/aromatic N) is 4. The third kappa shape index (κ3) is 7.89. The molecule has 0 bridgehead atoms. The van der Waals surface area contributed by atoms with Gasteiger partial charge in [-0.15, -0.1) is 10.2 Å². The molecule has 1 fully saturated rings. The summed E-state index contributed by atoms with van der Waals surface area (Å²) in [6.07, 6.45) is 2.61. The number of alkyl halides is 3. The number of aromatic nitrogens is 4. The van der Waals surface area contributed by atoms with Crippen LogP contribution in [0.25, 0.3) is 5.69 Å². The number of hydrogen-bond donors (Lipinski definition) is 1. The van der Waals surface area contributed by atoms with E-state index in [-0.39, 0.29) is 13.2 Å². The van der Waals surface area contributed by atoms with E-state index in [0.717, 1.165) is 16.4 Å². The Morgan fingerprint density at radius 1 is 1.24 bits per heavy atom. The van der Waals surface area contributed by atoms with Crippen LogP contribution in [0.15, 0.2) is 47.9 Å². The van der Waals surface area contributed by atoms with E-state index in [0.29, 0.717) is 22.4 Å². The molecule has 4 rings (SSSR count). The van der Waals surface area contributed by atoms with Crippen molar-refractivity contribution in [1.82, 2.24) is 25.1 Å². The summed E-state index contributed by atoms with van der Waals surface area (Å²) in [5.74, 6) is 6.73. The second-order valence-electron chi connectivity index (χ2n) is 8.58. The van der Waals surface area contributed by atoms with E-state index in [4.69, 9.17) is 4.74 Å². The van der Waals surface area contributed by atoms with Gasteiger partial charge in [-0.05, 0) is 55.7 Å². The summed E-state index contributed by atoms with van der Waals surface area (Å²) in [5, 5.41) is 11.8. The minimum absolute atomic E-state index is 0.193. The molecule has 1 saturated carbocycles.